The Bertz CT molecular complexity index is 595. The molecule has 0 radical (unpaired) electrons. The lowest BCUT2D eigenvalue weighted by molar-refractivity contribution is 0.881. The van der Waals surface area contributed by atoms with Gasteiger partial charge in [-0.1, -0.05) is 45.7 Å². The summed E-state index contributed by atoms with van der Waals surface area (Å²) in [4.78, 5) is 0. The summed E-state index contributed by atoms with van der Waals surface area (Å²) in [6.07, 6.45) is 0. The second-order valence-electron chi connectivity index (χ2n) is 4.83. The van der Waals surface area contributed by atoms with Crippen LogP contribution in [0, 0.1) is 13.8 Å². The number of benzene rings is 2. The van der Waals surface area contributed by atoms with Crippen molar-refractivity contribution in [3.63, 3.8) is 0 Å². The summed E-state index contributed by atoms with van der Waals surface area (Å²) in [7, 11) is 0. The zero-order valence-corrected chi connectivity index (χ0v) is 13.6. The molecule has 19 heavy (non-hydrogen) atoms. The van der Waals surface area contributed by atoms with E-state index in [-0.39, 0.29) is 6.04 Å². The van der Waals surface area contributed by atoms with Gasteiger partial charge in [-0.05, 0) is 55.7 Å². The Kier molecular flexibility index (Phi) is 4.54. The van der Waals surface area contributed by atoms with Gasteiger partial charge in [0.15, 0.2) is 0 Å². The summed E-state index contributed by atoms with van der Waals surface area (Å²) in [5.41, 5.74) is 4.84. The van der Waals surface area contributed by atoms with E-state index in [0.717, 1.165) is 15.2 Å². The van der Waals surface area contributed by atoms with Gasteiger partial charge in [-0.3, -0.25) is 0 Å². The Labute approximate surface area is 128 Å². The van der Waals surface area contributed by atoms with Crippen molar-refractivity contribution in [3.05, 3.63) is 62.6 Å². The molecule has 0 aliphatic heterocycles. The van der Waals surface area contributed by atoms with Gasteiger partial charge in [0.1, 0.15) is 0 Å². The number of anilines is 1. The molecule has 0 aliphatic carbocycles. The Hall–Kier alpha value is -0.990. The third kappa shape index (κ3) is 3.52. The van der Waals surface area contributed by atoms with Crippen LogP contribution in [0.5, 0.6) is 0 Å². The van der Waals surface area contributed by atoms with E-state index in [1.54, 1.807) is 0 Å². The molecule has 1 N–H and O–H groups in total. The first kappa shape index (κ1) is 14.4. The normalized spacial score (nSPS) is 12.3. The fourth-order valence-electron chi connectivity index (χ4n) is 1.96. The molecule has 0 aliphatic rings. The average molecular weight is 339 g/mol. The molecule has 2 rings (SSSR count). The van der Waals surface area contributed by atoms with E-state index in [1.807, 2.05) is 18.2 Å². The van der Waals surface area contributed by atoms with Crippen LogP contribution in [0.4, 0.5) is 5.69 Å². The molecule has 100 valence electrons. The van der Waals surface area contributed by atoms with Crippen LogP contribution >= 0.6 is 27.5 Å². The summed E-state index contributed by atoms with van der Waals surface area (Å²) in [6, 6.07) is 12.6. The minimum absolute atomic E-state index is 0.214. The topological polar surface area (TPSA) is 12.0 Å². The largest absolute Gasteiger partial charge is 0.377 e. The second-order valence-corrected chi connectivity index (χ2v) is 6.16. The van der Waals surface area contributed by atoms with E-state index in [1.165, 1.54) is 16.7 Å². The predicted molar refractivity (Wildman–Crippen MR) is 87.1 cm³/mol. The minimum atomic E-state index is 0.214. The van der Waals surface area contributed by atoms with Gasteiger partial charge in [-0.15, -0.1) is 0 Å². The molecule has 0 saturated carbocycles. The van der Waals surface area contributed by atoms with Crippen LogP contribution < -0.4 is 5.32 Å². The van der Waals surface area contributed by atoms with E-state index in [9.17, 15) is 0 Å². The third-order valence-corrected chi connectivity index (χ3v) is 4.15. The van der Waals surface area contributed by atoms with Gasteiger partial charge >= 0.3 is 0 Å². The minimum Gasteiger partial charge on any atom is -0.377 e. The SMILES string of the molecule is Cc1ccc(C(C)Nc2cc(Br)ccc2Cl)cc1C. The summed E-state index contributed by atoms with van der Waals surface area (Å²) in [5, 5.41) is 4.19. The van der Waals surface area contributed by atoms with Crippen molar-refractivity contribution >= 4 is 33.2 Å². The lowest BCUT2D eigenvalue weighted by Crippen LogP contribution is -2.07. The lowest BCUT2D eigenvalue weighted by Gasteiger charge is -2.18. The van der Waals surface area contributed by atoms with Crippen LogP contribution in [-0.4, -0.2) is 0 Å². The number of aryl methyl sites for hydroxylation is 2. The van der Waals surface area contributed by atoms with Gasteiger partial charge in [0.2, 0.25) is 0 Å². The Morgan fingerprint density at radius 1 is 1.05 bits per heavy atom. The first-order chi connectivity index (χ1) is 8.97. The molecule has 2 aromatic carbocycles. The van der Waals surface area contributed by atoms with Crippen molar-refractivity contribution < 1.29 is 0 Å². The molecular weight excluding hydrogens is 322 g/mol. The van der Waals surface area contributed by atoms with Crippen molar-refractivity contribution in [2.24, 2.45) is 0 Å². The van der Waals surface area contributed by atoms with E-state index in [0.29, 0.717) is 0 Å². The predicted octanol–water partition coefficient (Wildman–Crippen LogP) is 5.89. The van der Waals surface area contributed by atoms with Crippen LogP contribution in [0.1, 0.15) is 29.7 Å². The highest BCUT2D eigenvalue weighted by Gasteiger charge is 2.09. The smallest absolute Gasteiger partial charge is 0.0638 e. The molecule has 0 saturated heterocycles. The number of nitrogens with one attached hydrogen (secondary N) is 1. The fourth-order valence-corrected chi connectivity index (χ4v) is 2.49. The highest BCUT2D eigenvalue weighted by Crippen LogP contribution is 2.29. The van der Waals surface area contributed by atoms with Crippen LogP contribution in [0.25, 0.3) is 0 Å². The molecule has 0 amide bonds. The lowest BCUT2D eigenvalue weighted by atomic mass is 10.0. The highest BCUT2D eigenvalue weighted by molar-refractivity contribution is 9.10. The standard InChI is InChI=1S/C16H17BrClN/c1-10-4-5-13(8-11(10)2)12(3)19-16-9-14(17)6-7-15(16)18/h4-9,12,19H,1-3H3. The quantitative estimate of drug-likeness (QED) is 0.735. The van der Waals surface area contributed by atoms with E-state index in [2.05, 4.69) is 60.2 Å². The molecule has 3 heteroatoms. The van der Waals surface area contributed by atoms with Gasteiger partial charge in [-0.2, -0.15) is 0 Å². The molecule has 0 aromatic heterocycles. The van der Waals surface area contributed by atoms with Crippen molar-refractivity contribution in [2.45, 2.75) is 26.8 Å². The molecular formula is C16H17BrClN. The maximum absolute atomic E-state index is 6.20. The van der Waals surface area contributed by atoms with E-state index >= 15 is 0 Å². The second kappa shape index (κ2) is 5.98. The van der Waals surface area contributed by atoms with Crippen molar-refractivity contribution in [1.29, 1.82) is 0 Å². The number of hydrogen-bond donors (Lipinski definition) is 1. The van der Waals surface area contributed by atoms with Gasteiger partial charge < -0.3 is 5.32 Å². The number of halogens is 2. The molecule has 0 spiro atoms. The fraction of sp³-hybridized carbons (Fsp3) is 0.250. The zero-order chi connectivity index (χ0) is 14.0. The Balaban J connectivity index is 2.22. The first-order valence-corrected chi connectivity index (χ1v) is 7.43. The van der Waals surface area contributed by atoms with Crippen LogP contribution in [0.3, 0.4) is 0 Å². The average Bonchev–Trinajstić information content (AvgIpc) is 2.37. The van der Waals surface area contributed by atoms with Gasteiger partial charge in [0, 0.05) is 10.5 Å². The molecule has 1 nitrogen and oxygen atoms in total. The van der Waals surface area contributed by atoms with Gasteiger partial charge in [0.05, 0.1) is 10.7 Å². The Morgan fingerprint density at radius 3 is 2.47 bits per heavy atom. The zero-order valence-electron chi connectivity index (χ0n) is 11.3. The maximum Gasteiger partial charge on any atom is 0.0638 e. The van der Waals surface area contributed by atoms with Crippen LogP contribution in [-0.2, 0) is 0 Å². The molecule has 2 aromatic rings. The molecule has 0 fully saturated rings. The van der Waals surface area contributed by atoms with Crippen molar-refractivity contribution in [1.82, 2.24) is 0 Å². The van der Waals surface area contributed by atoms with Gasteiger partial charge in [0.25, 0.3) is 0 Å². The molecule has 1 unspecified atom stereocenters. The highest BCUT2D eigenvalue weighted by atomic mass is 79.9. The molecule has 1 atom stereocenters. The number of hydrogen-bond acceptors (Lipinski definition) is 1. The van der Waals surface area contributed by atoms with Crippen molar-refractivity contribution in [2.75, 3.05) is 5.32 Å². The Morgan fingerprint density at radius 2 is 1.79 bits per heavy atom. The summed E-state index contributed by atoms with van der Waals surface area (Å²) < 4.78 is 1.02. The van der Waals surface area contributed by atoms with Gasteiger partial charge in [-0.25, -0.2) is 0 Å². The van der Waals surface area contributed by atoms with Crippen LogP contribution in [0.15, 0.2) is 40.9 Å². The summed E-state index contributed by atoms with van der Waals surface area (Å²) in [5.74, 6) is 0. The first-order valence-electron chi connectivity index (χ1n) is 6.26. The third-order valence-electron chi connectivity index (χ3n) is 3.33. The maximum atomic E-state index is 6.20. The van der Waals surface area contributed by atoms with Crippen LogP contribution in [0.2, 0.25) is 5.02 Å². The summed E-state index contributed by atoms with van der Waals surface area (Å²) in [6.45, 7) is 6.40. The van der Waals surface area contributed by atoms with E-state index < -0.39 is 0 Å². The monoisotopic (exact) mass is 337 g/mol. The molecule has 0 bridgehead atoms. The van der Waals surface area contributed by atoms with Crippen molar-refractivity contribution in [3.8, 4) is 0 Å². The van der Waals surface area contributed by atoms with E-state index in [4.69, 9.17) is 11.6 Å². The summed E-state index contributed by atoms with van der Waals surface area (Å²) >= 11 is 9.67. The number of rotatable bonds is 3. The molecule has 0 heterocycles.